The summed E-state index contributed by atoms with van der Waals surface area (Å²) in [5.74, 6) is -0.522. The van der Waals surface area contributed by atoms with Crippen molar-refractivity contribution in [3.05, 3.63) is 35.4 Å². The Morgan fingerprint density at radius 2 is 2.18 bits per heavy atom. The van der Waals surface area contributed by atoms with E-state index >= 15 is 0 Å². The molecule has 0 aromatic carbocycles. The number of halogens is 3. The first-order chi connectivity index (χ1) is 7.93. The van der Waals surface area contributed by atoms with Gasteiger partial charge in [-0.15, -0.1) is 11.3 Å². The molecule has 1 heterocycles. The van der Waals surface area contributed by atoms with Crippen LogP contribution >= 0.6 is 11.3 Å². The molecule has 7 heteroatoms. The smallest absolute Gasteiger partial charge is 0.298 e. The summed E-state index contributed by atoms with van der Waals surface area (Å²) in [7, 11) is 0. The van der Waals surface area contributed by atoms with Crippen LogP contribution in [0.2, 0.25) is 0 Å². The van der Waals surface area contributed by atoms with E-state index in [9.17, 15) is 18.0 Å². The molecular formula is C10H9F3N2OS. The number of nitrogens with one attached hydrogen (secondary N) is 1. The summed E-state index contributed by atoms with van der Waals surface area (Å²) in [6.07, 6.45) is 1.54. The Balaban J connectivity index is 2.64. The quantitative estimate of drug-likeness (QED) is 0.671. The van der Waals surface area contributed by atoms with Crippen molar-refractivity contribution in [2.45, 2.75) is 13.1 Å². The number of nitrogens with zero attached hydrogens (tertiary/aromatic N) is 1. The summed E-state index contributed by atoms with van der Waals surface area (Å²) in [6.45, 7) is 1.78. The van der Waals surface area contributed by atoms with Gasteiger partial charge in [-0.3, -0.25) is 10.1 Å². The molecule has 0 aliphatic heterocycles. The third kappa shape index (κ3) is 4.39. The third-order valence-electron chi connectivity index (χ3n) is 1.58. The number of alkyl halides is 3. The average molecular weight is 262 g/mol. The molecule has 1 aromatic heterocycles. The lowest BCUT2D eigenvalue weighted by Gasteiger charge is -2.00. The van der Waals surface area contributed by atoms with Crippen molar-refractivity contribution in [2.24, 2.45) is 0 Å². The van der Waals surface area contributed by atoms with Crippen LogP contribution in [-0.2, 0) is 11.0 Å². The van der Waals surface area contributed by atoms with Crippen LogP contribution in [0, 0.1) is 0 Å². The predicted molar refractivity (Wildman–Crippen MR) is 59.7 cm³/mol. The number of amides is 1. The summed E-state index contributed by atoms with van der Waals surface area (Å²) >= 11 is 0.729. The topological polar surface area (TPSA) is 42.0 Å². The molecule has 0 aliphatic rings. The van der Waals surface area contributed by atoms with E-state index in [1.165, 1.54) is 12.2 Å². The molecule has 17 heavy (non-hydrogen) atoms. The van der Waals surface area contributed by atoms with E-state index in [1.807, 2.05) is 0 Å². The highest BCUT2D eigenvalue weighted by Gasteiger charge is 2.33. The van der Waals surface area contributed by atoms with Gasteiger partial charge in [0.1, 0.15) is 0 Å². The van der Waals surface area contributed by atoms with E-state index in [4.69, 9.17) is 0 Å². The molecule has 0 spiro atoms. The molecule has 0 aliphatic carbocycles. The number of carbonyl (C=O) groups excluding carboxylic acids is 1. The minimum Gasteiger partial charge on any atom is -0.298 e. The highest BCUT2D eigenvalue weighted by atomic mass is 32.1. The van der Waals surface area contributed by atoms with Crippen molar-refractivity contribution in [3.63, 3.8) is 0 Å². The average Bonchev–Trinajstić information content (AvgIpc) is 2.66. The SMILES string of the molecule is C/C=C/C=C/C(=O)Nc1nc(C(F)(F)F)cs1. The maximum absolute atomic E-state index is 12.2. The maximum Gasteiger partial charge on any atom is 0.434 e. The van der Waals surface area contributed by atoms with Gasteiger partial charge in [0, 0.05) is 11.5 Å². The van der Waals surface area contributed by atoms with Crippen LogP contribution in [0.5, 0.6) is 0 Å². The normalized spacial score (nSPS) is 12.5. The minimum absolute atomic E-state index is 0.0764. The van der Waals surface area contributed by atoms with Crippen molar-refractivity contribution in [2.75, 3.05) is 5.32 Å². The van der Waals surface area contributed by atoms with E-state index < -0.39 is 17.8 Å². The molecule has 0 saturated carbocycles. The van der Waals surface area contributed by atoms with Gasteiger partial charge in [0.15, 0.2) is 10.8 Å². The molecular weight excluding hydrogens is 253 g/mol. The Hall–Kier alpha value is -1.63. The zero-order valence-corrected chi connectivity index (χ0v) is 9.60. The second-order valence-electron chi connectivity index (χ2n) is 2.91. The Morgan fingerprint density at radius 3 is 2.71 bits per heavy atom. The predicted octanol–water partition coefficient (Wildman–Crippen LogP) is 3.23. The Morgan fingerprint density at radius 1 is 1.47 bits per heavy atom. The van der Waals surface area contributed by atoms with Crippen LogP contribution in [0.3, 0.4) is 0 Å². The van der Waals surface area contributed by atoms with Gasteiger partial charge in [-0.05, 0) is 6.92 Å². The van der Waals surface area contributed by atoms with Crippen LogP contribution in [0.25, 0.3) is 0 Å². The largest absolute Gasteiger partial charge is 0.434 e. The highest BCUT2D eigenvalue weighted by Crippen LogP contribution is 2.31. The number of carbonyl (C=O) groups is 1. The molecule has 1 N–H and O–H groups in total. The van der Waals surface area contributed by atoms with Crippen molar-refractivity contribution >= 4 is 22.4 Å². The lowest BCUT2D eigenvalue weighted by atomic mass is 10.4. The van der Waals surface area contributed by atoms with Crippen molar-refractivity contribution in [1.29, 1.82) is 0 Å². The van der Waals surface area contributed by atoms with E-state index in [1.54, 1.807) is 19.1 Å². The molecule has 1 amide bonds. The Bertz CT molecular complexity index is 449. The fourth-order valence-electron chi connectivity index (χ4n) is 0.862. The number of anilines is 1. The lowest BCUT2D eigenvalue weighted by molar-refractivity contribution is -0.140. The molecule has 0 radical (unpaired) electrons. The number of aromatic nitrogens is 1. The van der Waals surface area contributed by atoms with Gasteiger partial charge in [0.2, 0.25) is 5.91 Å². The second kappa shape index (κ2) is 5.62. The van der Waals surface area contributed by atoms with Crippen LogP contribution < -0.4 is 5.32 Å². The summed E-state index contributed by atoms with van der Waals surface area (Å²) in [4.78, 5) is 14.5. The van der Waals surface area contributed by atoms with E-state index in [-0.39, 0.29) is 5.13 Å². The zero-order valence-electron chi connectivity index (χ0n) is 8.78. The monoisotopic (exact) mass is 262 g/mol. The number of hydrogen-bond donors (Lipinski definition) is 1. The first kappa shape index (κ1) is 13.4. The van der Waals surface area contributed by atoms with Gasteiger partial charge in [-0.25, -0.2) is 4.98 Å². The van der Waals surface area contributed by atoms with Gasteiger partial charge in [-0.1, -0.05) is 18.2 Å². The lowest BCUT2D eigenvalue weighted by Crippen LogP contribution is -2.09. The van der Waals surface area contributed by atoms with Gasteiger partial charge in [-0.2, -0.15) is 13.2 Å². The van der Waals surface area contributed by atoms with Crippen molar-refractivity contribution in [3.8, 4) is 0 Å². The van der Waals surface area contributed by atoms with Gasteiger partial charge in [0.05, 0.1) is 0 Å². The number of hydrogen-bond acceptors (Lipinski definition) is 3. The second-order valence-corrected chi connectivity index (χ2v) is 3.77. The van der Waals surface area contributed by atoms with Crippen LogP contribution in [0.1, 0.15) is 12.6 Å². The van der Waals surface area contributed by atoms with Crippen LogP contribution in [-0.4, -0.2) is 10.9 Å². The molecule has 0 atom stereocenters. The first-order valence-electron chi connectivity index (χ1n) is 4.56. The molecule has 0 bridgehead atoms. The third-order valence-corrected chi connectivity index (χ3v) is 2.33. The molecule has 92 valence electrons. The fourth-order valence-corrected chi connectivity index (χ4v) is 1.58. The summed E-state index contributed by atoms with van der Waals surface area (Å²) in [6, 6.07) is 0. The minimum atomic E-state index is -4.49. The number of thiazole rings is 1. The van der Waals surface area contributed by atoms with E-state index in [2.05, 4.69) is 10.3 Å². The van der Waals surface area contributed by atoms with Gasteiger partial charge >= 0.3 is 6.18 Å². The molecule has 1 rings (SSSR count). The summed E-state index contributed by atoms with van der Waals surface area (Å²) in [5.41, 5.74) is -1.00. The standard InChI is InChI=1S/C10H9F3N2OS/c1-2-3-4-5-8(16)15-9-14-7(6-17-9)10(11,12)13/h2-6H,1H3,(H,14,15,16)/b3-2+,5-4+. The fraction of sp³-hybridized carbons (Fsp3) is 0.200. The van der Waals surface area contributed by atoms with E-state index in [0.717, 1.165) is 16.7 Å². The first-order valence-corrected chi connectivity index (χ1v) is 5.44. The maximum atomic E-state index is 12.2. The van der Waals surface area contributed by atoms with Crippen LogP contribution in [0.4, 0.5) is 18.3 Å². The Kier molecular flexibility index (Phi) is 4.45. The highest BCUT2D eigenvalue weighted by molar-refractivity contribution is 7.14. The molecule has 3 nitrogen and oxygen atoms in total. The van der Waals surface area contributed by atoms with Crippen LogP contribution in [0.15, 0.2) is 29.7 Å². The van der Waals surface area contributed by atoms with Crippen molar-refractivity contribution < 1.29 is 18.0 Å². The van der Waals surface area contributed by atoms with Crippen molar-refractivity contribution in [1.82, 2.24) is 4.98 Å². The molecule has 1 aromatic rings. The van der Waals surface area contributed by atoms with Gasteiger partial charge in [0.25, 0.3) is 0 Å². The molecule has 0 saturated heterocycles. The summed E-state index contributed by atoms with van der Waals surface area (Å²) in [5, 5.41) is 3.02. The number of rotatable bonds is 3. The Labute approximate surface area is 99.7 Å². The zero-order chi connectivity index (χ0) is 12.9. The van der Waals surface area contributed by atoms with Gasteiger partial charge < -0.3 is 0 Å². The van der Waals surface area contributed by atoms with E-state index in [0.29, 0.717) is 0 Å². The molecule has 0 unspecified atom stereocenters. The molecule has 0 fully saturated rings. The number of allylic oxidation sites excluding steroid dienone is 3. The summed E-state index contributed by atoms with van der Waals surface area (Å²) < 4.78 is 36.6.